The number of hydrogen-bond donors (Lipinski definition) is 5. The summed E-state index contributed by atoms with van der Waals surface area (Å²) in [5.41, 5.74) is 7.38. The molecule has 240 valence electrons. The molecule has 0 saturated carbocycles. The van der Waals surface area contributed by atoms with E-state index in [1.807, 2.05) is 44.4 Å². The van der Waals surface area contributed by atoms with E-state index >= 15 is 0 Å². The third-order valence-electron chi connectivity index (χ3n) is 8.59. The van der Waals surface area contributed by atoms with E-state index in [0.29, 0.717) is 41.6 Å². The molecule has 0 radical (unpaired) electrons. The number of nitrogens with one attached hydrogen (secondary N) is 5. The summed E-state index contributed by atoms with van der Waals surface area (Å²) >= 11 is 0. The Hall–Kier alpha value is -5.20. The molecule has 5 N–H and O–H groups in total. The first-order chi connectivity index (χ1) is 22.9. The van der Waals surface area contributed by atoms with Gasteiger partial charge in [0.05, 0.1) is 17.6 Å². The minimum absolute atomic E-state index is 0.00314. The molecule has 6 aromatic rings. The Morgan fingerprint density at radius 2 is 1.77 bits per heavy atom. The Morgan fingerprint density at radius 3 is 2.62 bits per heavy atom. The average Bonchev–Trinajstić information content (AvgIpc) is 3.69. The zero-order valence-corrected chi connectivity index (χ0v) is 26.4. The summed E-state index contributed by atoms with van der Waals surface area (Å²) in [4.78, 5) is 31.8. The largest absolute Gasteiger partial charge is 0.384 e. The lowest BCUT2D eigenvalue weighted by Gasteiger charge is -2.21. The number of pyridine rings is 3. The number of carbonyl (C=O) groups excluding carboxylic acids is 1. The topological polar surface area (TPSA) is 140 Å². The number of anilines is 2. The number of halogens is 1. The van der Waals surface area contributed by atoms with E-state index in [0.717, 1.165) is 76.9 Å². The van der Waals surface area contributed by atoms with Gasteiger partial charge in [-0.3, -0.25) is 14.9 Å². The van der Waals surface area contributed by atoms with Gasteiger partial charge in [-0.1, -0.05) is 0 Å². The standard InChI is InChI=1S/C35H37FN10O/c1-46(2)10-9-39-26-13-22(12-25(36)16-26)28-5-8-40-34-29(28)17-31(43-34)33-30-15-24(19-41-35(30)45-44-33)23-14-27(20-38-18-23)42-32(47)11-21-3-6-37-7-4-21/h5,8,12-21,37,39H,3-4,6-7,9-11H2,1-2H3,(H,40,43)(H,42,47)(H,41,44,45). The molecule has 12 heteroatoms. The second kappa shape index (κ2) is 13.3. The molecule has 6 heterocycles. The number of hydrogen-bond acceptors (Lipinski definition) is 8. The summed E-state index contributed by atoms with van der Waals surface area (Å²) < 4.78 is 14.7. The van der Waals surface area contributed by atoms with E-state index in [9.17, 15) is 9.18 Å². The SMILES string of the molecule is CN(C)CCNc1cc(F)cc(-c2ccnc3[nH]c(-c4n[nH]c5ncc(-c6cncc(NC(=O)CC7CCNCC7)c6)cc45)cc23)c1. The van der Waals surface area contributed by atoms with Crippen LogP contribution in [0.2, 0.25) is 0 Å². The maximum atomic E-state index is 14.7. The molecule has 1 aliphatic heterocycles. The third-order valence-corrected chi connectivity index (χ3v) is 8.59. The number of amides is 1. The van der Waals surface area contributed by atoms with E-state index < -0.39 is 0 Å². The molecule has 7 rings (SSSR count). The van der Waals surface area contributed by atoms with Crippen LogP contribution >= 0.6 is 0 Å². The maximum Gasteiger partial charge on any atom is 0.224 e. The first-order valence-electron chi connectivity index (χ1n) is 15.9. The van der Waals surface area contributed by atoms with Crippen molar-refractivity contribution in [1.82, 2.24) is 40.3 Å². The fourth-order valence-electron chi connectivity index (χ4n) is 6.17. The highest BCUT2D eigenvalue weighted by Crippen LogP contribution is 2.35. The van der Waals surface area contributed by atoms with Gasteiger partial charge < -0.3 is 25.8 Å². The van der Waals surface area contributed by atoms with Crippen LogP contribution < -0.4 is 16.0 Å². The molecular formula is C35H37FN10O. The second-order valence-corrected chi connectivity index (χ2v) is 12.4. The fourth-order valence-corrected chi connectivity index (χ4v) is 6.17. The summed E-state index contributed by atoms with van der Waals surface area (Å²) in [5.74, 6) is 0.0895. The summed E-state index contributed by atoms with van der Waals surface area (Å²) in [6.45, 7) is 3.45. The Balaban J connectivity index is 1.16. The van der Waals surface area contributed by atoms with Gasteiger partial charge in [-0.25, -0.2) is 14.4 Å². The van der Waals surface area contributed by atoms with E-state index in [2.05, 4.69) is 51.0 Å². The van der Waals surface area contributed by atoms with Gasteiger partial charge in [0.25, 0.3) is 0 Å². The van der Waals surface area contributed by atoms with Crippen LogP contribution in [0.5, 0.6) is 0 Å². The van der Waals surface area contributed by atoms with Gasteiger partial charge in [0.1, 0.15) is 17.2 Å². The van der Waals surface area contributed by atoms with Crippen molar-refractivity contribution >= 4 is 39.3 Å². The first kappa shape index (κ1) is 30.5. The fraction of sp³-hybridized carbons (Fsp3) is 0.286. The molecule has 0 bridgehead atoms. The number of aromatic amines is 2. The van der Waals surface area contributed by atoms with Gasteiger partial charge in [-0.15, -0.1) is 0 Å². The van der Waals surface area contributed by atoms with Crippen molar-refractivity contribution in [3.63, 3.8) is 0 Å². The smallest absolute Gasteiger partial charge is 0.224 e. The molecule has 1 amide bonds. The summed E-state index contributed by atoms with van der Waals surface area (Å²) in [5, 5.41) is 19.0. The Morgan fingerprint density at radius 1 is 0.936 bits per heavy atom. The number of piperidine rings is 1. The lowest BCUT2D eigenvalue weighted by molar-refractivity contribution is -0.117. The quantitative estimate of drug-likeness (QED) is 0.130. The predicted octanol–water partition coefficient (Wildman–Crippen LogP) is 5.67. The van der Waals surface area contributed by atoms with Crippen molar-refractivity contribution in [3.05, 3.63) is 73.1 Å². The number of benzene rings is 1. The number of likely N-dealkylation sites (N-methyl/N-ethyl adjacent to an activating group) is 1. The lowest BCUT2D eigenvalue weighted by atomic mass is 9.94. The van der Waals surface area contributed by atoms with Gasteiger partial charge in [-0.2, -0.15) is 5.10 Å². The van der Waals surface area contributed by atoms with Crippen LogP contribution in [0.3, 0.4) is 0 Å². The van der Waals surface area contributed by atoms with Crippen molar-refractivity contribution in [2.75, 3.05) is 50.9 Å². The van der Waals surface area contributed by atoms with Gasteiger partial charge >= 0.3 is 0 Å². The van der Waals surface area contributed by atoms with Crippen LogP contribution in [0.25, 0.3) is 55.7 Å². The van der Waals surface area contributed by atoms with Gasteiger partial charge in [0.15, 0.2) is 5.65 Å². The van der Waals surface area contributed by atoms with Gasteiger partial charge in [0, 0.05) is 65.7 Å². The van der Waals surface area contributed by atoms with Crippen LogP contribution in [0, 0.1) is 11.7 Å². The Bertz CT molecular complexity index is 2050. The molecule has 11 nitrogen and oxygen atoms in total. The lowest BCUT2D eigenvalue weighted by Crippen LogP contribution is -2.30. The predicted molar refractivity (Wildman–Crippen MR) is 183 cm³/mol. The van der Waals surface area contributed by atoms with Crippen molar-refractivity contribution < 1.29 is 9.18 Å². The number of rotatable bonds is 10. The number of fused-ring (bicyclic) bond motifs is 2. The molecule has 47 heavy (non-hydrogen) atoms. The molecule has 1 fully saturated rings. The maximum absolute atomic E-state index is 14.7. The van der Waals surface area contributed by atoms with Crippen LogP contribution in [0.15, 0.2) is 67.3 Å². The van der Waals surface area contributed by atoms with E-state index in [1.54, 1.807) is 24.8 Å². The molecule has 1 saturated heterocycles. The number of carbonyl (C=O) groups is 1. The van der Waals surface area contributed by atoms with E-state index in [1.165, 1.54) is 12.1 Å². The summed E-state index contributed by atoms with van der Waals surface area (Å²) in [6.07, 6.45) is 9.43. The van der Waals surface area contributed by atoms with Crippen molar-refractivity contribution in [1.29, 1.82) is 0 Å². The van der Waals surface area contributed by atoms with Crippen LogP contribution in [-0.4, -0.2) is 81.2 Å². The molecule has 0 spiro atoms. The van der Waals surface area contributed by atoms with Crippen molar-refractivity contribution in [2.24, 2.45) is 5.92 Å². The highest BCUT2D eigenvalue weighted by atomic mass is 19.1. The molecule has 1 aliphatic rings. The summed E-state index contributed by atoms with van der Waals surface area (Å²) in [6, 6.07) is 12.8. The van der Waals surface area contributed by atoms with Crippen LogP contribution in [0.4, 0.5) is 15.8 Å². The van der Waals surface area contributed by atoms with E-state index in [4.69, 9.17) is 0 Å². The van der Waals surface area contributed by atoms with E-state index in [-0.39, 0.29) is 11.7 Å². The van der Waals surface area contributed by atoms with Crippen molar-refractivity contribution in [3.8, 4) is 33.6 Å². The summed E-state index contributed by atoms with van der Waals surface area (Å²) in [7, 11) is 4.01. The Kier molecular flexibility index (Phi) is 8.60. The van der Waals surface area contributed by atoms with Gasteiger partial charge in [-0.05, 0) is 99.5 Å². The minimum atomic E-state index is -0.313. The highest BCUT2D eigenvalue weighted by molar-refractivity contribution is 6.00. The average molecular weight is 633 g/mol. The monoisotopic (exact) mass is 632 g/mol. The number of nitrogens with zero attached hydrogens (tertiary/aromatic N) is 5. The first-order valence-corrected chi connectivity index (χ1v) is 15.9. The number of H-pyrrole nitrogens is 2. The minimum Gasteiger partial charge on any atom is -0.384 e. The third kappa shape index (κ3) is 6.83. The van der Waals surface area contributed by atoms with Gasteiger partial charge in [0.2, 0.25) is 5.91 Å². The molecule has 0 unspecified atom stereocenters. The normalized spacial score (nSPS) is 13.9. The molecule has 1 aromatic carbocycles. The van der Waals surface area contributed by atoms with Crippen LogP contribution in [-0.2, 0) is 4.79 Å². The molecular weight excluding hydrogens is 595 g/mol. The highest BCUT2D eigenvalue weighted by Gasteiger charge is 2.18. The second-order valence-electron chi connectivity index (χ2n) is 12.4. The molecule has 5 aromatic heterocycles. The zero-order valence-electron chi connectivity index (χ0n) is 26.4. The molecule has 0 atom stereocenters. The van der Waals surface area contributed by atoms with Crippen molar-refractivity contribution in [2.45, 2.75) is 19.3 Å². The zero-order chi connectivity index (χ0) is 32.3. The van der Waals surface area contributed by atoms with Crippen LogP contribution in [0.1, 0.15) is 19.3 Å². The Labute approximate surface area is 271 Å². The molecule has 0 aliphatic carbocycles. The number of aromatic nitrogens is 6.